The summed E-state index contributed by atoms with van der Waals surface area (Å²) in [7, 11) is 0. The lowest BCUT2D eigenvalue weighted by atomic mass is 9.93. The maximum Gasteiger partial charge on any atom is 0.347 e. The van der Waals surface area contributed by atoms with Crippen LogP contribution in [-0.4, -0.2) is 16.2 Å². The van der Waals surface area contributed by atoms with Gasteiger partial charge < -0.3 is 10.3 Å². The van der Waals surface area contributed by atoms with E-state index in [2.05, 4.69) is 25.8 Å². The molecular formula is C20H18ClN5O. The molecule has 0 bridgehead atoms. The summed E-state index contributed by atoms with van der Waals surface area (Å²) in [6.07, 6.45) is 1.76. The van der Waals surface area contributed by atoms with E-state index >= 15 is 0 Å². The molecule has 4 rings (SSSR count). The molecule has 0 fully saturated rings. The molecule has 0 aliphatic carbocycles. The number of benzene rings is 2. The molecule has 1 aliphatic heterocycles. The number of fused-ring (bicyclic) bond motifs is 2. The Morgan fingerprint density at radius 1 is 1.19 bits per heavy atom. The number of H-pyrrole nitrogens is 1. The molecule has 0 spiro atoms. The van der Waals surface area contributed by atoms with Crippen LogP contribution in [-0.2, 0) is 0 Å². The molecular weight excluding hydrogens is 362 g/mol. The van der Waals surface area contributed by atoms with Crippen LogP contribution in [0.1, 0.15) is 34.0 Å². The Morgan fingerprint density at radius 2 is 1.96 bits per heavy atom. The van der Waals surface area contributed by atoms with Crippen LogP contribution in [0.5, 0.6) is 0 Å². The number of aromatic amines is 1. The van der Waals surface area contributed by atoms with Crippen LogP contribution in [0.2, 0.25) is 5.02 Å². The Bertz CT molecular complexity index is 1090. The summed E-state index contributed by atoms with van der Waals surface area (Å²) in [6, 6.07) is 13.3. The smallest absolute Gasteiger partial charge is 0.339 e. The SMILES string of the molecule is Cc1ccc(/C=N/NC2c3cc(Cl)ccc3Nc3nc(=O)[nH]c(C)c32)cc1. The highest BCUT2D eigenvalue weighted by atomic mass is 35.5. The lowest BCUT2D eigenvalue weighted by Gasteiger charge is -2.29. The molecule has 27 heavy (non-hydrogen) atoms. The molecule has 3 aromatic rings. The summed E-state index contributed by atoms with van der Waals surface area (Å²) in [5, 5.41) is 8.26. The molecule has 0 saturated carbocycles. The summed E-state index contributed by atoms with van der Waals surface area (Å²) in [6.45, 7) is 3.89. The van der Waals surface area contributed by atoms with Crippen LogP contribution in [0.25, 0.3) is 0 Å². The van der Waals surface area contributed by atoms with Crippen molar-refractivity contribution < 1.29 is 0 Å². The van der Waals surface area contributed by atoms with Crippen molar-refractivity contribution in [2.24, 2.45) is 5.10 Å². The van der Waals surface area contributed by atoms with Gasteiger partial charge in [0.15, 0.2) is 0 Å². The lowest BCUT2D eigenvalue weighted by Crippen LogP contribution is -2.28. The van der Waals surface area contributed by atoms with E-state index in [1.54, 1.807) is 12.3 Å². The molecule has 0 amide bonds. The number of nitrogens with one attached hydrogen (secondary N) is 3. The van der Waals surface area contributed by atoms with Crippen LogP contribution >= 0.6 is 11.6 Å². The largest absolute Gasteiger partial charge is 0.347 e. The number of anilines is 2. The Morgan fingerprint density at radius 3 is 2.74 bits per heavy atom. The van der Waals surface area contributed by atoms with Gasteiger partial charge in [-0.2, -0.15) is 10.1 Å². The Balaban J connectivity index is 1.73. The van der Waals surface area contributed by atoms with E-state index < -0.39 is 5.69 Å². The average molecular weight is 380 g/mol. The number of hydrogen-bond donors (Lipinski definition) is 3. The van der Waals surface area contributed by atoms with Crippen molar-refractivity contribution >= 4 is 29.3 Å². The molecule has 1 aliphatic rings. The van der Waals surface area contributed by atoms with Crippen molar-refractivity contribution in [3.8, 4) is 0 Å². The molecule has 6 nitrogen and oxygen atoms in total. The fourth-order valence-corrected chi connectivity index (χ4v) is 3.37. The Kier molecular flexibility index (Phi) is 4.41. The summed E-state index contributed by atoms with van der Waals surface area (Å²) in [4.78, 5) is 18.6. The molecule has 7 heteroatoms. The second-order valence-corrected chi connectivity index (χ2v) is 6.95. The van der Waals surface area contributed by atoms with Crippen molar-refractivity contribution in [1.29, 1.82) is 0 Å². The van der Waals surface area contributed by atoms with Gasteiger partial charge in [-0.05, 0) is 37.6 Å². The summed E-state index contributed by atoms with van der Waals surface area (Å²) >= 11 is 6.21. The molecule has 0 radical (unpaired) electrons. The third-order valence-corrected chi connectivity index (χ3v) is 4.76. The summed E-state index contributed by atoms with van der Waals surface area (Å²) < 4.78 is 0. The first kappa shape index (κ1) is 17.3. The molecule has 0 saturated heterocycles. The molecule has 136 valence electrons. The topological polar surface area (TPSA) is 82.2 Å². The second-order valence-electron chi connectivity index (χ2n) is 6.52. The van der Waals surface area contributed by atoms with Gasteiger partial charge in [0.05, 0.1) is 6.21 Å². The molecule has 1 atom stereocenters. The quantitative estimate of drug-likeness (QED) is 0.477. The van der Waals surface area contributed by atoms with Gasteiger partial charge in [-0.25, -0.2) is 4.79 Å². The molecule has 3 N–H and O–H groups in total. The number of rotatable bonds is 3. The summed E-state index contributed by atoms with van der Waals surface area (Å²) in [5.74, 6) is 0.522. The van der Waals surface area contributed by atoms with E-state index in [1.165, 1.54) is 5.56 Å². The Hall–Kier alpha value is -3.12. The Labute approximate surface area is 161 Å². The standard InChI is InChI=1S/C20H18ClN5O/c1-11-3-5-13(6-4-11)10-22-26-18-15-9-14(21)7-8-16(15)24-19-17(18)12(2)23-20(27)25-19/h3-10,18,26H,1-2H3,(H2,23,24,25,27)/b22-10+. The fraction of sp³-hybridized carbons (Fsp3) is 0.150. The molecule has 1 aromatic heterocycles. The van der Waals surface area contributed by atoms with Crippen molar-refractivity contribution in [3.63, 3.8) is 0 Å². The lowest BCUT2D eigenvalue weighted by molar-refractivity contribution is 0.629. The third kappa shape index (κ3) is 3.44. The van der Waals surface area contributed by atoms with Gasteiger partial charge in [-0.1, -0.05) is 41.4 Å². The maximum atomic E-state index is 11.8. The number of aromatic nitrogens is 2. The van der Waals surface area contributed by atoms with Crippen LogP contribution in [0.3, 0.4) is 0 Å². The second kappa shape index (κ2) is 6.89. The van der Waals surface area contributed by atoms with Gasteiger partial charge >= 0.3 is 5.69 Å². The molecule has 2 aromatic carbocycles. The van der Waals surface area contributed by atoms with Crippen LogP contribution < -0.4 is 16.4 Å². The molecule has 1 unspecified atom stereocenters. The van der Waals surface area contributed by atoms with E-state index in [-0.39, 0.29) is 6.04 Å². The zero-order valence-corrected chi connectivity index (χ0v) is 15.6. The van der Waals surface area contributed by atoms with Crippen molar-refractivity contribution in [2.45, 2.75) is 19.9 Å². The minimum absolute atomic E-state index is 0.291. The van der Waals surface area contributed by atoms with Crippen molar-refractivity contribution in [1.82, 2.24) is 15.4 Å². The first-order chi connectivity index (χ1) is 13.0. The van der Waals surface area contributed by atoms with E-state index in [0.29, 0.717) is 10.8 Å². The van der Waals surface area contributed by atoms with Crippen LogP contribution in [0.4, 0.5) is 11.5 Å². The monoisotopic (exact) mass is 379 g/mol. The van der Waals surface area contributed by atoms with Crippen LogP contribution in [0.15, 0.2) is 52.4 Å². The zero-order chi connectivity index (χ0) is 19.0. The van der Waals surface area contributed by atoms with E-state index in [0.717, 1.165) is 28.1 Å². The summed E-state index contributed by atoms with van der Waals surface area (Å²) in [5.41, 5.74) is 8.33. The van der Waals surface area contributed by atoms with E-state index in [4.69, 9.17) is 11.6 Å². The van der Waals surface area contributed by atoms with Crippen LogP contribution in [0, 0.1) is 13.8 Å². The number of nitrogens with zero attached hydrogens (tertiary/aromatic N) is 2. The van der Waals surface area contributed by atoms with Gasteiger partial charge in [0, 0.05) is 27.5 Å². The zero-order valence-electron chi connectivity index (χ0n) is 14.9. The minimum Gasteiger partial charge on any atom is -0.339 e. The van der Waals surface area contributed by atoms with Gasteiger partial charge in [-0.15, -0.1) is 0 Å². The highest BCUT2D eigenvalue weighted by Crippen LogP contribution is 2.40. The van der Waals surface area contributed by atoms with Crippen molar-refractivity contribution in [3.05, 3.63) is 85.9 Å². The maximum absolute atomic E-state index is 11.8. The highest BCUT2D eigenvalue weighted by Gasteiger charge is 2.29. The minimum atomic E-state index is -0.391. The predicted octanol–water partition coefficient (Wildman–Crippen LogP) is 3.81. The number of hydrazone groups is 1. The average Bonchev–Trinajstić information content (AvgIpc) is 2.63. The number of aryl methyl sites for hydroxylation is 2. The highest BCUT2D eigenvalue weighted by molar-refractivity contribution is 6.30. The number of hydrogen-bond acceptors (Lipinski definition) is 5. The fourth-order valence-electron chi connectivity index (χ4n) is 3.19. The van der Waals surface area contributed by atoms with E-state index in [9.17, 15) is 4.79 Å². The van der Waals surface area contributed by atoms with Gasteiger partial charge in [0.2, 0.25) is 0 Å². The van der Waals surface area contributed by atoms with Gasteiger partial charge in [-0.3, -0.25) is 5.43 Å². The van der Waals surface area contributed by atoms with E-state index in [1.807, 2.05) is 50.2 Å². The van der Waals surface area contributed by atoms with Crippen molar-refractivity contribution in [2.75, 3.05) is 5.32 Å². The first-order valence-electron chi connectivity index (χ1n) is 8.54. The first-order valence-corrected chi connectivity index (χ1v) is 8.91. The third-order valence-electron chi connectivity index (χ3n) is 4.53. The predicted molar refractivity (Wildman–Crippen MR) is 108 cm³/mol. The van der Waals surface area contributed by atoms with Gasteiger partial charge in [0.1, 0.15) is 11.9 Å². The van der Waals surface area contributed by atoms with Gasteiger partial charge in [0.25, 0.3) is 0 Å². The normalized spacial score (nSPS) is 15.1. The number of halogens is 1. The molecule has 2 heterocycles.